The standard InChI is InChI=1S/C15H26N2O3/c1-11-7-9-16(12(2)10-11)15(20)17-8-5-3-4-6-13(17)14(18)19/h11-13H,3-10H2,1-2H3,(H,18,19). The lowest BCUT2D eigenvalue weighted by Crippen LogP contribution is -2.55. The maximum Gasteiger partial charge on any atom is 0.326 e. The topological polar surface area (TPSA) is 60.9 Å². The summed E-state index contributed by atoms with van der Waals surface area (Å²) in [6.07, 6.45) is 5.43. The molecule has 0 aromatic heterocycles. The quantitative estimate of drug-likeness (QED) is 0.804. The molecular weight excluding hydrogens is 256 g/mol. The lowest BCUT2D eigenvalue weighted by atomic mass is 9.93. The number of urea groups is 1. The summed E-state index contributed by atoms with van der Waals surface area (Å²) in [4.78, 5) is 27.6. The van der Waals surface area contributed by atoms with Crippen molar-refractivity contribution in [2.45, 2.75) is 64.5 Å². The molecule has 0 aromatic carbocycles. The minimum Gasteiger partial charge on any atom is -0.480 e. The fraction of sp³-hybridized carbons (Fsp3) is 0.867. The Morgan fingerprint density at radius 3 is 2.40 bits per heavy atom. The highest BCUT2D eigenvalue weighted by Gasteiger charge is 2.36. The minimum atomic E-state index is -0.863. The van der Waals surface area contributed by atoms with Crippen LogP contribution in [0.1, 0.15) is 52.4 Å². The third-order valence-corrected chi connectivity index (χ3v) is 4.67. The van der Waals surface area contributed by atoms with E-state index in [1.165, 1.54) is 0 Å². The number of carbonyl (C=O) groups excluding carboxylic acids is 1. The number of aliphatic carboxylic acids is 1. The third kappa shape index (κ3) is 3.25. The van der Waals surface area contributed by atoms with Gasteiger partial charge in [0.1, 0.15) is 6.04 Å². The molecule has 0 bridgehead atoms. The third-order valence-electron chi connectivity index (χ3n) is 4.67. The second-order valence-electron chi connectivity index (χ2n) is 6.35. The molecule has 2 fully saturated rings. The minimum absolute atomic E-state index is 0.0706. The van der Waals surface area contributed by atoms with Gasteiger partial charge in [0.05, 0.1) is 0 Å². The van der Waals surface area contributed by atoms with Crippen LogP contribution in [0, 0.1) is 5.92 Å². The van der Waals surface area contributed by atoms with Crippen molar-refractivity contribution >= 4 is 12.0 Å². The lowest BCUT2D eigenvalue weighted by molar-refractivity contribution is -0.142. The number of rotatable bonds is 1. The summed E-state index contributed by atoms with van der Waals surface area (Å²) in [5.41, 5.74) is 0. The Morgan fingerprint density at radius 1 is 1.00 bits per heavy atom. The Bertz CT molecular complexity index is 372. The first-order valence-corrected chi connectivity index (χ1v) is 7.80. The van der Waals surface area contributed by atoms with E-state index in [-0.39, 0.29) is 12.1 Å². The van der Waals surface area contributed by atoms with Crippen LogP contribution < -0.4 is 0 Å². The average Bonchev–Trinajstić information content (AvgIpc) is 2.63. The number of piperidine rings is 1. The van der Waals surface area contributed by atoms with Crippen molar-refractivity contribution in [2.24, 2.45) is 5.92 Å². The summed E-state index contributed by atoms with van der Waals surface area (Å²) >= 11 is 0. The zero-order chi connectivity index (χ0) is 14.7. The van der Waals surface area contributed by atoms with E-state index in [4.69, 9.17) is 0 Å². The molecule has 2 aliphatic rings. The predicted molar refractivity (Wildman–Crippen MR) is 76.6 cm³/mol. The van der Waals surface area contributed by atoms with Gasteiger partial charge in [0.2, 0.25) is 0 Å². The first kappa shape index (κ1) is 15.1. The average molecular weight is 282 g/mol. The van der Waals surface area contributed by atoms with Gasteiger partial charge in [-0.25, -0.2) is 9.59 Å². The van der Waals surface area contributed by atoms with E-state index in [0.717, 1.165) is 38.6 Å². The van der Waals surface area contributed by atoms with Gasteiger partial charge < -0.3 is 14.9 Å². The van der Waals surface area contributed by atoms with Crippen molar-refractivity contribution < 1.29 is 14.7 Å². The van der Waals surface area contributed by atoms with Gasteiger partial charge in [0.15, 0.2) is 0 Å². The van der Waals surface area contributed by atoms with Gasteiger partial charge in [-0.15, -0.1) is 0 Å². The van der Waals surface area contributed by atoms with Crippen LogP contribution in [0.15, 0.2) is 0 Å². The zero-order valence-electron chi connectivity index (χ0n) is 12.5. The fourth-order valence-electron chi connectivity index (χ4n) is 3.45. The fourth-order valence-corrected chi connectivity index (χ4v) is 3.45. The van der Waals surface area contributed by atoms with E-state index in [0.29, 0.717) is 18.9 Å². The molecule has 20 heavy (non-hydrogen) atoms. The summed E-state index contributed by atoms with van der Waals surface area (Å²) in [7, 11) is 0. The molecule has 2 amide bonds. The summed E-state index contributed by atoms with van der Waals surface area (Å²) in [5, 5.41) is 9.38. The first-order chi connectivity index (χ1) is 9.50. The van der Waals surface area contributed by atoms with Crippen molar-refractivity contribution in [3.63, 3.8) is 0 Å². The number of hydrogen-bond donors (Lipinski definition) is 1. The molecular formula is C15H26N2O3. The zero-order valence-corrected chi connectivity index (χ0v) is 12.5. The molecule has 2 rings (SSSR count). The number of nitrogens with zero attached hydrogens (tertiary/aromatic N) is 2. The number of likely N-dealkylation sites (tertiary alicyclic amines) is 2. The number of hydrogen-bond acceptors (Lipinski definition) is 2. The van der Waals surface area contributed by atoms with E-state index in [9.17, 15) is 14.7 Å². The van der Waals surface area contributed by atoms with Crippen molar-refractivity contribution in [1.82, 2.24) is 9.80 Å². The van der Waals surface area contributed by atoms with Crippen LogP contribution in [-0.2, 0) is 4.79 Å². The van der Waals surface area contributed by atoms with Gasteiger partial charge in [0, 0.05) is 19.1 Å². The Hall–Kier alpha value is -1.26. The van der Waals surface area contributed by atoms with Gasteiger partial charge in [-0.2, -0.15) is 0 Å². The monoisotopic (exact) mass is 282 g/mol. The van der Waals surface area contributed by atoms with Gasteiger partial charge >= 0.3 is 12.0 Å². The van der Waals surface area contributed by atoms with Crippen LogP contribution in [-0.4, -0.2) is 52.1 Å². The van der Waals surface area contributed by atoms with E-state index < -0.39 is 12.0 Å². The van der Waals surface area contributed by atoms with Crippen LogP contribution in [0.5, 0.6) is 0 Å². The molecule has 0 aliphatic carbocycles. The molecule has 0 spiro atoms. The van der Waals surface area contributed by atoms with Gasteiger partial charge in [-0.1, -0.05) is 19.8 Å². The molecule has 114 valence electrons. The Balaban J connectivity index is 2.10. The molecule has 1 N–H and O–H groups in total. The van der Waals surface area contributed by atoms with Gasteiger partial charge in [-0.3, -0.25) is 0 Å². The second kappa shape index (κ2) is 6.46. The molecule has 2 aliphatic heterocycles. The van der Waals surface area contributed by atoms with Crippen LogP contribution in [0.3, 0.4) is 0 Å². The number of carbonyl (C=O) groups is 2. The Kier molecular flexibility index (Phi) is 4.89. The molecule has 2 saturated heterocycles. The lowest BCUT2D eigenvalue weighted by Gasteiger charge is -2.40. The molecule has 5 heteroatoms. The largest absolute Gasteiger partial charge is 0.480 e. The summed E-state index contributed by atoms with van der Waals surface area (Å²) in [5.74, 6) is -0.216. The van der Waals surface area contributed by atoms with Crippen LogP contribution >= 0.6 is 0 Å². The molecule has 0 saturated carbocycles. The molecule has 5 nitrogen and oxygen atoms in total. The maximum atomic E-state index is 12.7. The summed E-state index contributed by atoms with van der Waals surface area (Å²) < 4.78 is 0. The highest BCUT2D eigenvalue weighted by molar-refractivity contribution is 5.83. The summed E-state index contributed by atoms with van der Waals surface area (Å²) in [6, 6.07) is -0.501. The normalized spacial score (nSPS) is 31.8. The molecule has 3 atom stereocenters. The van der Waals surface area contributed by atoms with E-state index in [2.05, 4.69) is 13.8 Å². The molecule has 0 radical (unpaired) electrons. The highest BCUT2D eigenvalue weighted by Crippen LogP contribution is 2.25. The smallest absolute Gasteiger partial charge is 0.326 e. The van der Waals surface area contributed by atoms with Crippen LogP contribution in [0.25, 0.3) is 0 Å². The van der Waals surface area contributed by atoms with Crippen LogP contribution in [0.2, 0.25) is 0 Å². The Labute approximate surface area is 120 Å². The van der Waals surface area contributed by atoms with Gasteiger partial charge in [-0.05, 0) is 38.5 Å². The first-order valence-electron chi connectivity index (χ1n) is 7.80. The number of amides is 2. The van der Waals surface area contributed by atoms with Crippen molar-refractivity contribution in [2.75, 3.05) is 13.1 Å². The number of carboxylic acids is 1. The predicted octanol–water partition coefficient (Wildman–Crippen LogP) is 2.56. The van der Waals surface area contributed by atoms with Gasteiger partial charge in [0.25, 0.3) is 0 Å². The highest BCUT2D eigenvalue weighted by atomic mass is 16.4. The molecule has 2 heterocycles. The van der Waals surface area contributed by atoms with Crippen molar-refractivity contribution in [3.8, 4) is 0 Å². The van der Waals surface area contributed by atoms with E-state index >= 15 is 0 Å². The SMILES string of the molecule is CC1CCN(C(=O)N2CCCCCC2C(=O)O)C(C)C1. The summed E-state index contributed by atoms with van der Waals surface area (Å²) in [6.45, 7) is 5.62. The second-order valence-corrected chi connectivity index (χ2v) is 6.35. The van der Waals surface area contributed by atoms with Crippen molar-refractivity contribution in [3.05, 3.63) is 0 Å². The van der Waals surface area contributed by atoms with E-state index in [1.54, 1.807) is 4.90 Å². The number of carboxylic acid groups (broad SMARTS) is 1. The maximum absolute atomic E-state index is 12.7. The molecule has 3 unspecified atom stereocenters. The molecule has 0 aromatic rings. The van der Waals surface area contributed by atoms with Crippen molar-refractivity contribution in [1.29, 1.82) is 0 Å². The Morgan fingerprint density at radius 2 is 1.75 bits per heavy atom. The van der Waals surface area contributed by atoms with Crippen LogP contribution in [0.4, 0.5) is 4.79 Å². The van der Waals surface area contributed by atoms with E-state index in [1.807, 2.05) is 4.90 Å².